The molecule has 1 saturated heterocycles. The molecule has 1 aliphatic rings. The number of aromatic carboxylic acids is 1. The Hall–Kier alpha value is -1.93. The summed E-state index contributed by atoms with van der Waals surface area (Å²) in [6, 6.07) is 4.85. The van der Waals surface area contributed by atoms with Gasteiger partial charge in [0.05, 0.1) is 17.2 Å². The van der Waals surface area contributed by atoms with Crippen molar-refractivity contribution >= 4 is 21.9 Å². The zero-order valence-corrected chi connectivity index (χ0v) is 14.8. The third kappa shape index (κ3) is 3.76. The van der Waals surface area contributed by atoms with Crippen LogP contribution in [0.25, 0.3) is 0 Å². The molecule has 2 rings (SSSR count). The highest BCUT2D eigenvalue weighted by molar-refractivity contribution is 7.89. The number of rotatable bonds is 4. The molecule has 8 heteroatoms. The molecule has 1 amide bonds. The van der Waals surface area contributed by atoms with E-state index in [0.29, 0.717) is 11.1 Å². The predicted molar refractivity (Wildman–Crippen MR) is 89.1 cm³/mol. The van der Waals surface area contributed by atoms with Crippen molar-refractivity contribution in [1.29, 1.82) is 0 Å². The monoisotopic (exact) mass is 354 g/mol. The Labute approximate surface area is 141 Å². The quantitative estimate of drug-likeness (QED) is 0.833. The molecule has 24 heavy (non-hydrogen) atoms. The molecule has 1 atom stereocenters. The summed E-state index contributed by atoms with van der Waals surface area (Å²) in [4.78, 5) is 25.3. The van der Waals surface area contributed by atoms with Gasteiger partial charge in [0, 0.05) is 12.1 Å². The normalized spacial score (nSPS) is 20.2. The lowest BCUT2D eigenvalue weighted by atomic mass is 10.00. The molecule has 1 heterocycles. The van der Waals surface area contributed by atoms with E-state index in [1.165, 1.54) is 11.0 Å². The molecular weight excluding hydrogens is 332 g/mol. The number of sulfonamides is 1. The summed E-state index contributed by atoms with van der Waals surface area (Å²) < 4.78 is 23.2. The predicted octanol–water partition coefficient (Wildman–Crippen LogP) is 0.904. The van der Waals surface area contributed by atoms with E-state index in [1.54, 1.807) is 32.9 Å². The molecule has 0 spiro atoms. The maximum Gasteiger partial charge on any atom is 0.335 e. The van der Waals surface area contributed by atoms with E-state index in [4.69, 9.17) is 10.2 Å². The molecule has 1 aliphatic heterocycles. The van der Waals surface area contributed by atoms with Gasteiger partial charge in [0.15, 0.2) is 0 Å². The second-order valence-corrected chi connectivity index (χ2v) is 8.71. The number of benzene rings is 1. The number of carboxylic acid groups (broad SMARTS) is 1. The summed E-state index contributed by atoms with van der Waals surface area (Å²) in [5.41, 5.74) is 0.741. The number of carbonyl (C=O) groups excluding carboxylic acids is 1. The van der Waals surface area contributed by atoms with E-state index in [9.17, 15) is 18.0 Å². The van der Waals surface area contributed by atoms with Gasteiger partial charge in [0.25, 0.3) is 0 Å². The van der Waals surface area contributed by atoms with Crippen molar-refractivity contribution < 1.29 is 23.1 Å². The van der Waals surface area contributed by atoms with Crippen LogP contribution in [0.1, 0.15) is 41.8 Å². The van der Waals surface area contributed by atoms with Crippen molar-refractivity contribution in [3.63, 3.8) is 0 Å². The molecule has 0 aliphatic carbocycles. The lowest BCUT2D eigenvalue weighted by Gasteiger charge is -2.31. The number of primary sulfonamides is 1. The maximum atomic E-state index is 12.6. The van der Waals surface area contributed by atoms with Gasteiger partial charge in [-0.1, -0.05) is 12.1 Å². The highest BCUT2D eigenvalue weighted by Gasteiger charge is 2.45. The Morgan fingerprint density at radius 3 is 2.50 bits per heavy atom. The fraction of sp³-hybridized carbons (Fsp3) is 0.500. The molecule has 132 valence electrons. The first-order valence-corrected chi connectivity index (χ1v) is 9.17. The van der Waals surface area contributed by atoms with Crippen LogP contribution in [0.4, 0.5) is 0 Å². The number of amides is 1. The van der Waals surface area contributed by atoms with Gasteiger partial charge in [-0.15, -0.1) is 0 Å². The van der Waals surface area contributed by atoms with Crippen molar-refractivity contribution in [3.05, 3.63) is 34.9 Å². The smallest absolute Gasteiger partial charge is 0.335 e. The van der Waals surface area contributed by atoms with Gasteiger partial charge in [0.1, 0.15) is 0 Å². The van der Waals surface area contributed by atoms with E-state index >= 15 is 0 Å². The van der Waals surface area contributed by atoms with Crippen LogP contribution < -0.4 is 5.14 Å². The number of carbonyl (C=O) groups is 2. The first-order chi connectivity index (χ1) is 10.9. The molecule has 1 aromatic rings. The van der Waals surface area contributed by atoms with Gasteiger partial charge in [-0.2, -0.15) is 0 Å². The maximum absolute atomic E-state index is 12.6. The zero-order chi connectivity index (χ0) is 18.3. The molecule has 0 aromatic heterocycles. The van der Waals surface area contributed by atoms with E-state index in [-0.39, 0.29) is 30.9 Å². The lowest BCUT2D eigenvalue weighted by Crippen LogP contribution is -2.43. The van der Waals surface area contributed by atoms with E-state index < -0.39 is 26.8 Å². The van der Waals surface area contributed by atoms with Crippen LogP contribution in [-0.2, 0) is 21.2 Å². The van der Waals surface area contributed by atoms with Crippen LogP contribution in [0.2, 0.25) is 0 Å². The highest BCUT2D eigenvalue weighted by atomic mass is 32.2. The zero-order valence-electron chi connectivity index (χ0n) is 13.9. The molecule has 3 N–H and O–H groups in total. The first-order valence-electron chi connectivity index (χ1n) is 7.57. The number of nitrogens with two attached hydrogens (primary N) is 1. The van der Waals surface area contributed by atoms with Crippen LogP contribution in [0.3, 0.4) is 0 Å². The van der Waals surface area contributed by atoms with Crippen molar-refractivity contribution in [2.75, 3.05) is 6.54 Å². The third-order valence-electron chi connectivity index (χ3n) is 4.50. The number of likely N-dealkylation sites (tertiary alicyclic amines) is 1. The molecule has 1 aromatic carbocycles. The SMILES string of the molecule is Cc1ccc(CC(=O)N2CC(S(N)(=O)=O)CC2(C)C)cc1C(=O)O. The van der Waals surface area contributed by atoms with Gasteiger partial charge < -0.3 is 10.0 Å². The minimum Gasteiger partial charge on any atom is -0.478 e. The van der Waals surface area contributed by atoms with E-state index in [1.807, 2.05) is 0 Å². The Bertz CT molecular complexity index is 786. The van der Waals surface area contributed by atoms with Gasteiger partial charge in [-0.3, -0.25) is 4.79 Å². The van der Waals surface area contributed by atoms with Crippen LogP contribution in [0.5, 0.6) is 0 Å². The largest absolute Gasteiger partial charge is 0.478 e. The van der Waals surface area contributed by atoms with E-state index in [0.717, 1.165) is 0 Å². The van der Waals surface area contributed by atoms with Crippen molar-refractivity contribution in [3.8, 4) is 0 Å². The van der Waals surface area contributed by atoms with E-state index in [2.05, 4.69) is 0 Å². The Kier molecular flexibility index (Phi) is 4.74. The topological polar surface area (TPSA) is 118 Å². The van der Waals surface area contributed by atoms with Gasteiger partial charge in [0.2, 0.25) is 15.9 Å². The van der Waals surface area contributed by atoms with Gasteiger partial charge in [-0.25, -0.2) is 18.4 Å². The minimum absolute atomic E-state index is 0.0152. The average Bonchev–Trinajstić information content (AvgIpc) is 2.76. The summed E-state index contributed by atoms with van der Waals surface area (Å²) in [6.45, 7) is 5.35. The second-order valence-electron chi connectivity index (χ2n) is 6.86. The Morgan fingerprint density at radius 1 is 1.38 bits per heavy atom. The Balaban J connectivity index is 2.21. The molecule has 0 bridgehead atoms. The molecule has 0 saturated carbocycles. The fourth-order valence-electron chi connectivity index (χ4n) is 3.12. The average molecular weight is 354 g/mol. The summed E-state index contributed by atoms with van der Waals surface area (Å²) >= 11 is 0. The summed E-state index contributed by atoms with van der Waals surface area (Å²) in [6.07, 6.45) is 0.299. The van der Waals surface area contributed by atoms with Crippen LogP contribution in [0, 0.1) is 6.92 Å². The number of aryl methyl sites for hydroxylation is 1. The Morgan fingerprint density at radius 2 is 2.00 bits per heavy atom. The van der Waals surface area contributed by atoms with Crippen LogP contribution >= 0.6 is 0 Å². The molecule has 0 radical (unpaired) electrons. The number of hydrogen-bond donors (Lipinski definition) is 2. The third-order valence-corrected chi connectivity index (χ3v) is 5.74. The summed E-state index contributed by atoms with van der Waals surface area (Å²) in [5.74, 6) is -1.29. The van der Waals surface area contributed by atoms with Gasteiger partial charge >= 0.3 is 5.97 Å². The number of nitrogens with zero attached hydrogens (tertiary/aromatic N) is 1. The highest BCUT2D eigenvalue weighted by Crippen LogP contribution is 2.32. The fourth-order valence-corrected chi connectivity index (χ4v) is 4.12. The molecule has 7 nitrogen and oxygen atoms in total. The first kappa shape index (κ1) is 18.4. The molecular formula is C16H22N2O5S. The minimum atomic E-state index is -3.71. The van der Waals surface area contributed by atoms with Crippen molar-refractivity contribution in [1.82, 2.24) is 4.90 Å². The van der Waals surface area contributed by atoms with Crippen LogP contribution in [0.15, 0.2) is 18.2 Å². The summed E-state index contributed by atoms with van der Waals surface area (Å²) in [7, 11) is -3.71. The van der Waals surface area contributed by atoms with Gasteiger partial charge in [-0.05, 0) is 44.4 Å². The number of carboxylic acids is 1. The molecule has 1 unspecified atom stereocenters. The van der Waals surface area contributed by atoms with Crippen molar-refractivity contribution in [2.24, 2.45) is 5.14 Å². The van der Waals surface area contributed by atoms with Crippen LogP contribution in [-0.4, -0.2) is 47.6 Å². The van der Waals surface area contributed by atoms with Crippen molar-refractivity contribution in [2.45, 2.75) is 44.4 Å². The standard InChI is InChI=1S/C16H22N2O5S/c1-10-4-5-11(6-13(10)15(20)21)7-14(19)18-9-12(24(17,22)23)8-16(18,2)3/h4-6,12H,7-9H2,1-3H3,(H,20,21)(H2,17,22,23). The summed E-state index contributed by atoms with van der Waals surface area (Å²) in [5, 5.41) is 13.6. The molecule has 1 fully saturated rings. The number of hydrogen-bond acceptors (Lipinski definition) is 4. The second kappa shape index (κ2) is 6.18. The lowest BCUT2D eigenvalue weighted by molar-refractivity contribution is -0.133.